The molecule has 3 N–H and O–H groups in total. The third-order valence-corrected chi connectivity index (χ3v) is 2.70. The first-order chi connectivity index (χ1) is 7.38. The number of nitrogens with one attached hydrogen (secondary N) is 1. The van der Waals surface area contributed by atoms with Crippen LogP contribution in [-0.2, 0) is 9.47 Å². The highest BCUT2D eigenvalue weighted by Gasteiger charge is 2.19. The molecule has 0 aliphatic carbocycles. The Morgan fingerprint density at radius 2 is 2.27 bits per heavy atom. The molecule has 1 fully saturated rings. The third-order valence-electron chi connectivity index (χ3n) is 2.70. The minimum atomic E-state index is 0.463. The van der Waals surface area contributed by atoms with Crippen molar-refractivity contribution in [3.05, 3.63) is 0 Å². The average Bonchev–Trinajstić information content (AvgIpc) is 2.29. The number of nitrogens with zero attached hydrogens (tertiary/aromatic N) is 1. The van der Waals surface area contributed by atoms with Crippen LogP contribution in [0, 0.1) is 0 Å². The van der Waals surface area contributed by atoms with Crippen LogP contribution < -0.4 is 11.1 Å². The van der Waals surface area contributed by atoms with E-state index in [1.54, 1.807) is 7.11 Å². The number of nitrogens with two attached hydrogens (primary N) is 1. The smallest absolute Gasteiger partial charge is 0.0700 e. The van der Waals surface area contributed by atoms with Gasteiger partial charge in [0.05, 0.1) is 19.8 Å². The highest BCUT2D eigenvalue weighted by molar-refractivity contribution is 4.79. The summed E-state index contributed by atoms with van der Waals surface area (Å²) >= 11 is 0. The Hall–Kier alpha value is -0.200. The summed E-state index contributed by atoms with van der Waals surface area (Å²) in [6.07, 6.45) is 0. The van der Waals surface area contributed by atoms with E-state index in [9.17, 15) is 0 Å². The molecule has 1 aliphatic heterocycles. The molecule has 5 heteroatoms. The second kappa shape index (κ2) is 8.01. The van der Waals surface area contributed by atoms with E-state index in [-0.39, 0.29) is 0 Å². The van der Waals surface area contributed by atoms with Gasteiger partial charge in [0.15, 0.2) is 0 Å². The van der Waals surface area contributed by atoms with Crippen LogP contribution in [-0.4, -0.2) is 70.6 Å². The number of hydrogen-bond acceptors (Lipinski definition) is 5. The Morgan fingerprint density at radius 1 is 1.40 bits per heavy atom. The van der Waals surface area contributed by atoms with Gasteiger partial charge in [-0.3, -0.25) is 4.90 Å². The van der Waals surface area contributed by atoms with Crippen molar-refractivity contribution in [1.82, 2.24) is 10.2 Å². The normalized spacial score (nSPS) is 23.2. The van der Waals surface area contributed by atoms with E-state index < -0.39 is 0 Å². The minimum Gasteiger partial charge on any atom is -0.382 e. The van der Waals surface area contributed by atoms with Gasteiger partial charge in [-0.2, -0.15) is 0 Å². The number of hydrogen-bond donors (Lipinski definition) is 2. The standard InChI is InChI=1S/C10H23N3O2/c1-14-6-7-15-5-4-13-3-2-12-9-10(13)8-11/h10,12H,2-9,11H2,1H3. The zero-order valence-electron chi connectivity index (χ0n) is 9.58. The zero-order chi connectivity index (χ0) is 10.9. The molecular weight excluding hydrogens is 194 g/mol. The monoisotopic (exact) mass is 217 g/mol. The summed E-state index contributed by atoms with van der Waals surface area (Å²) in [4.78, 5) is 2.39. The fourth-order valence-electron chi connectivity index (χ4n) is 1.76. The molecule has 0 spiro atoms. The maximum atomic E-state index is 5.70. The van der Waals surface area contributed by atoms with E-state index in [0.717, 1.165) is 32.8 Å². The third kappa shape index (κ3) is 4.90. The lowest BCUT2D eigenvalue weighted by molar-refractivity contribution is 0.0460. The molecule has 5 nitrogen and oxygen atoms in total. The molecule has 0 aromatic heterocycles. The van der Waals surface area contributed by atoms with E-state index in [2.05, 4.69) is 10.2 Å². The Bertz CT molecular complexity index is 158. The van der Waals surface area contributed by atoms with Crippen LogP contribution in [0.2, 0.25) is 0 Å². The average molecular weight is 217 g/mol. The molecule has 15 heavy (non-hydrogen) atoms. The van der Waals surface area contributed by atoms with Crippen LogP contribution in [0.1, 0.15) is 0 Å². The van der Waals surface area contributed by atoms with Gasteiger partial charge in [0.2, 0.25) is 0 Å². The van der Waals surface area contributed by atoms with Crippen LogP contribution in [0.5, 0.6) is 0 Å². The Morgan fingerprint density at radius 3 is 3.00 bits per heavy atom. The van der Waals surface area contributed by atoms with Crippen molar-refractivity contribution in [3.8, 4) is 0 Å². The molecule has 1 aliphatic rings. The lowest BCUT2D eigenvalue weighted by Crippen LogP contribution is -2.55. The highest BCUT2D eigenvalue weighted by Crippen LogP contribution is 2.00. The second-order valence-corrected chi connectivity index (χ2v) is 3.73. The summed E-state index contributed by atoms with van der Waals surface area (Å²) in [6.45, 7) is 6.90. The van der Waals surface area contributed by atoms with Gasteiger partial charge in [0.1, 0.15) is 0 Å². The van der Waals surface area contributed by atoms with Crippen molar-refractivity contribution in [3.63, 3.8) is 0 Å². The van der Waals surface area contributed by atoms with Gasteiger partial charge >= 0.3 is 0 Å². The molecule has 0 amide bonds. The molecule has 90 valence electrons. The minimum absolute atomic E-state index is 0.463. The van der Waals surface area contributed by atoms with Crippen molar-refractivity contribution < 1.29 is 9.47 Å². The van der Waals surface area contributed by atoms with Gasteiger partial charge in [-0.1, -0.05) is 0 Å². The molecule has 1 saturated heterocycles. The largest absolute Gasteiger partial charge is 0.382 e. The van der Waals surface area contributed by atoms with Gasteiger partial charge in [-0.25, -0.2) is 0 Å². The van der Waals surface area contributed by atoms with Crippen molar-refractivity contribution in [2.24, 2.45) is 5.73 Å². The summed E-state index contributed by atoms with van der Waals surface area (Å²) < 4.78 is 10.3. The fraction of sp³-hybridized carbons (Fsp3) is 1.00. The predicted octanol–water partition coefficient (Wildman–Crippen LogP) is -1.12. The molecular formula is C10H23N3O2. The molecule has 0 aromatic rings. The summed E-state index contributed by atoms with van der Waals surface area (Å²) in [7, 11) is 1.68. The number of rotatable bonds is 7. The summed E-state index contributed by atoms with van der Waals surface area (Å²) in [6, 6.07) is 0.463. The van der Waals surface area contributed by atoms with E-state index in [4.69, 9.17) is 15.2 Å². The van der Waals surface area contributed by atoms with Crippen LogP contribution in [0.15, 0.2) is 0 Å². The number of piperazine rings is 1. The summed E-state index contributed by atoms with van der Waals surface area (Å²) in [5, 5.41) is 3.34. The van der Waals surface area contributed by atoms with E-state index >= 15 is 0 Å². The highest BCUT2D eigenvalue weighted by atomic mass is 16.5. The topological polar surface area (TPSA) is 59.8 Å². The van der Waals surface area contributed by atoms with Gasteiger partial charge in [-0.05, 0) is 0 Å². The molecule has 0 bridgehead atoms. The Kier molecular flexibility index (Phi) is 6.87. The second-order valence-electron chi connectivity index (χ2n) is 3.73. The van der Waals surface area contributed by atoms with Crippen LogP contribution in [0.4, 0.5) is 0 Å². The quantitative estimate of drug-likeness (QED) is 0.529. The van der Waals surface area contributed by atoms with Gasteiger partial charge in [0, 0.05) is 45.9 Å². The van der Waals surface area contributed by atoms with Crippen molar-refractivity contribution >= 4 is 0 Å². The van der Waals surface area contributed by atoms with Crippen molar-refractivity contribution in [1.29, 1.82) is 0 Å². The first-order valence-electron chi connectivity index (χ1n) is 5.60. The summed E-state index contributed by atoms with van der Waals surface area (Å²) in [5.41, 5.74) is 5.70. The van der Waals surface area contributed by atoms with Crippen molar-refractivity contribution in [2.45, 2.75) is 6.04 Å². The van der Waals surface area contributed by atoms with Gasteiger partial charge in [-0.15, -0.1) is 0 Å². The summed E-state index contributed by atoms with van der Waals surface area (Å²) in [5.74, 6) is 0. The molecule has 0 aromatic carbocycles. The van der Waals surface area contributed by atoms with E-state index in [1.165, 1.54) is 0 Å². The molecule has 0 saturated carbocycles. The van der Waals surface area contributed by atoms with Gasteiger partial charge < -0.3 is 20.5 Å². The predicted molar refractivity (Wildman–Crippen MR) is 60.0 cm³/mol. The lowest BCUT2D eigenvalue weighted by atomic mass is 10.2. The first-order valence-corrected chi connectivity index (χ1v) is 5.60. The van der Waals surface area contributed by atoms with Crippen LogP contribution in [0.25, 0.3) is 0 Å². The Labute approximate surface area is 91.9 Å². The van der Waals surface area contributed by atoms with Crippen LogP contribution >= 0.6 is 0 Å². The molecule has 1 heterocycles. The maximum Gasteiger partial charge on any atom is 0.0700 e. The molecule has 1 rings (SSSR count). The molecule has 1 atom stereocenters. The Balaban J connectivity index is 2.07. The zero-order valence-corrected chi connectivity index (χ0v) is 9.58. The molecule has 0 radical (unpaired) electrons. The maximum absolute atomic E-state index is 5.70. The van der Waals surface area contributed by atoms with E-state index in [0.29, 0.717) is 25.8 Å². The molecule has 1 unspecified atom stereocenters. The number of ether oxygens (including phenoxy) is 2. The van der Waals surface area contributed by atoms with Gasteiger partial charge in [0.25, 0.3) is 0 Å². The first kappa shape index (κ1) is 12.9. The SMILES string of the molecule is COCCOCCN1CCNCC1CN. The lowest BCUT2D eigenvalue weighted by Gasteiger charge is -2.35. The fourth-order valence-corrected chi connectivity index (χ4v) is 1.76. The van der Waals surface area contributed by atoms with Crippen molar-refractivity contribution in [2.75, 3.05) is 59.7 Å². The van der Waals surface area contributed by atoms with Crippen LogP contribution in [0.3, 0.4) is 0 Å². The number of methoxy groups -OCH3 is 1. The van der Waals surface area contributed by atoms with E-state index in [1.807, 2.05) is 0 Å².